The molecule has 7 nitrogen and oxygen atoms in total. The Bertz CT molecular complexity index is 39.7. The first kappa shape index (κ1) is 15.8. The van der Waals surface area contributed by atoms with Crippen LogP contribution in [-0.2, 0) is 4.46 Å². The number of nitrogens with zero attached hydrogens (tertiary/aromatic N) is 2. The summed E-state index contributed by atoms with van der Waals surface area (Å²) >= 11 is 0. The first-order valence-corrected chi connectivity index (χ1v) is 1.34. The zero-order valence-electron chi connectivity index (χ0n) is 3.44. The quantitative estimate of drug-likeness (QED) is 0.263. The van der Waals surface area contributed by atoms with Crippen LogP contribution in [0.2, 0.25) is 0 Å². The maximum absolute atomic E-state index is 8.06. The van der Waals surface area contributed by atoms with Gasteiger partial charge in [-0.1, -0.05) is 0 Å². The van der Waals surface area contributed by atoms with E-state index in [4.69, 9.17) is 24.7 Å². The molecule has 0 aliphatic heterocycles. The molecule has 0 atom stereocenters. The fourth-order valence-electron chi connectivity index (χ4n) is 0. The van der Waals surface area contributed by atoms with Gasteiger partial charge in [-0.2, -0.15) is 0 Å². The number of hydrogen-bond donors (Lipinski definition) is 0. The maximum atomic E-state index is 8.06. The van der Waals surface area contributed by atoms with E-state index < -0.39 is 0 Å². The Morgan fingerprint density at radius 2 is 1.00 bits per heavy atom. The van der Waals surface area contributed by atoms with Crippen LogP contribution in [0, 0.1) is 20.2 Å². The van der Waals surface area contributed by atoms with Crippen LogP contribution in [0.1, 0.15) is 0 Å². The topological polar surface area (TPSA) is 122 Å². The summed E-state index contributed by atoms with van der Waals surface area (Å²) in [4.78, 5) is 16.0. The van der Waals surface area contributed by atoms with Gasteiger partial charge in [0.1, 0.15) is 0 Å². The summed E-state index contributed by atoms with van der Waals surface area (Å²) in [5.74, 6) is 0. The second kappa shape index (κ2) is 202. The van der Waals surface area contributed by atoms with E-state index in [1.165, 1.54) is 0 Å². The van der Waals surface area contributed by atoms with Crippen LogP contribution in [0.5, 0.6) is 0 Å². The Morgan fingerprint density at radius 3 is 1.00 bits per heavy atom. The van der Waals surface area contributed by atoms with Crippen LogP contribution >= 0.6 is 0 Å². The Kier molecular flexibility index (Phi) is 400. The van der Waals surface area contributed by atoms with Crippen molar-refractivity contribution in [1.82, 2.24) is 0 Å². The zero-order chi connectivity index (χ0) is 7.41. The van der Waals surface area contributed by atoms with Crippen molar-refractivity contribution in [2.24, 2.45) is 10.7 Å². The van der Waals surface area contributed by atoms with E-state index in [-0.39, 0.29) is 0 Å². The third-order valence-corrected chi connectivity index (χ3v) is 0. The molecule has 8 heavy (non-hydrogen) atoms. The predicted octanol–water partition coefficient (Wildman–Crippen LogP) is 0.00160. The molecule has 0 N–H and O–H groups in total. The molecule has 0 aliphatic carbocycles. The second-order valence-electron chi connectivity index (χ2n) is 0.149. The number of rotatable bonds is 0. The normalized spacial score (nSPS) is 3.75. The van der Waals surface area contributed by atoms with Gasteiger partial charge in [0.25, 0.3) is 0 Å². The molecule has 0 unspecified atom stereocenters. The van der Waals surface area contributed by atoms with Gasteiger partial charge in [0.05, 0.1) is 0 Å². The Labute approximate surface area is 46.7 Å². The summed E-state index contributed by atoms with van der Waals surface area (Å²) in [7, 11) is 1.72. The van der Waals surface area contributed by atoms with Gasteiger partial charge in [-0.05, 0) is 0 Å². The average molecular weight is 136 g/mol. The summed E-state index contributed by atoms with van der Waals surface area (Å²) in [6.07, 6.45) is 0. The van der Waals surface area contributed by atoms with Gasteiger partial charge in [-0.15, -0.1) is 10.7 Å². The Balaban J connectivity index is -0.0000000483. The monoisotopic (exact) mass is 136 g/mol. The van der Waals surface area contributed by atoms with Crippen molar-refractivity contribution in [2.45, 2.75) is 0 Å². The zero-order valence-corrected chi connectivity index (χ0v) is 4.44. The molecule has 0 saturated heterocycles. The van der Waals surface area contributed by atoms with Gasteiger partial charge < -0.3 is 20.2 Å². The summed E-state index contributed by atoms with van der Waals surface area (Å²) in [6.45, 7) is 0. The minimum absolute atomic E-state index is 1.00. The molecule has 0 spiro atoms. The van der Waals surface area contributed by atoms with Crippen molar-refractivity contribution < 1.29 is 4.46 Å². The van der Waals surface area contributed by atoms with Gasteiger partial charge >= 0.3 is 14.6 Å². The molecule has 0 bridgehead atoms. The molecule has 0 amide bonds. The van der Waals surface area contributed by atoms with Crippen molar-refractivity contribution in [3.05, 3.63) is 20.2 Å². The van der Waals surface area contributed by atoms with Gasteiger partial charge in [0.15, 0.2) is 0 Å². The second-order valence-corrected chi connectivity index (χ2v) is 0.149. The van der Waals surface area contributed by atoms with E-state index in [2.05, 4.69) is 0 Å². The molecule has 0 aliphatic rings. The summed E-state index contributed by atoms with van der Waals surface area (Å²) in [5.41, 5.74) is 0. The molecule has 8 heteroatoms. The third kappa shape index (κ3) is 50.1. The van der Waals surface area contributed by atoms with E-state index in [1.54, 1.807) is 10.1 Å². The molecule has 0 aromatic rings. The first-order chi connectivity index (χ1) is 3.83. The molecule has 0 saturated carbocycles. The van der Waals surface area contributed by atoms with Crippen LogP contribution in [0.3, 0.4) is 0 Å². The van der Waals surface area contributed by atoms with Gasteiger partial charge in [-0.3, -0.25) is 0 Å². The predicted molar refractivity (Wildman–Crippen MR) is 24.8 cm³/mol. The van der Waals surface area contributed by atoms with Crippen LogP contribution < -0.4 is 0 Å². The summed E-state index contributed by atoms with van der Waals surface area (Å²) < 4.78 is 8.06. The molecule has 0 aromatic heterocycles. The van der Waals surface area contributed by atoms with Crippen LogP contribution in [0.4, 0.5) is 0 Å². The summed E-state index contributed by atoms with van der Waals surface area (Å²) in [5, 5.41) is 18.0. The molecule has 0 heterocycles. The molecule has 0 radical (unpaired) electrons. The Hall–Kier alpha value is -1.18. The average Bonchev–Trinajstić information content (AvgIpc) is 1.75. The van der Waals surface area contributed by atoms with E-state index >= 15 is 0 Å². The SMILES string of the molecule is O=N[O-].O=N[O-].O=[Si+2]. The first-order valence-electron chi connectivity index (χ1n) is 0.934. The van der Waals surface area contributed by atoms with Crippen LogP contribution in [0.25, 0.3) is 0 Å². The molecule has 0 rings (SSSR count). The van der Waals surface area contributed by atoms with E-state index in [0.717, 1.165) is 10.7 Å². The van der Waals surface area contributed by atoms with Crippen molar-refractivity contribution in [3.63, 3.8) is 0 Å². The molecule has 0 aromatic carbocycles. The van der Waals surface area contributed by atoms with Crippen molar-refractivity contribution in [3.8, 4) is 0 Å². The van der Waals surface area contributed by atoms with Gasteiger partial charge in [-0.25, -0.2) is 0 Å². The molecular weight excluding hydrogens is 136 g/mol. The molecule has 0 fully saturated rings. The van der Waals surface area contributed by atoms with Crippen LogP contribution in [0.15, 0.2) is 10.7 Å². The fraction of sp³-hybridized carbons (Fsp3) is 0. The summed E-state index contributed by atoms with van der Waals surface area (Å²) in [6, 6.07) is 0. The van der Waals surface area contributed by atoms with Crippen molar-refractivity contribution >= 4 is 10.1 Å². The van der Waals surface area contributed by atoms with E-state index in [1.807, 2.05) is 0 Å². The van der Waals surface area contributed by atoms with E-state index in [9.17, 15) is 0 Å². The molecular formula is N2O5Si. The van der Waals surface area contributed by atoms with Gasteiger partial charge in [0.2, 0.25) is 0 Å². The van der Waals surface area contributed by atoms with E-state index in [0.29, 0.717) is 0 Å². The third-order valence-electron chi connectivity index (χ3n) is 0. The Morgan fingerprint density at radius 1 is 1.00 bits per heavy atom. The minimum atomic E-state index is 1.00. The van der Waals surface area contributed by atoms with Crippen molar-refractivity contribution in [2.75, 3.05) is 0 Å². The van der Waals surface area contributed by atoms with Gasteiger partial charge in [0, 0.05) is 0 Å². The fourth-order valence-corrected chi connectivity index (χ4v) is 0. The van der Waals surface area contributed by atoms with Crippen molar-refractivity contribution in [1.29, 1.82) is 0 Å². The standard InChI is InChI=1S/2HNO2.OSi/c2*2-1-3;1-2/h2*(H,2,3);/q;;+2/p-2. The van der Waals surface area contributed by atoms with Crippen LogP contribution in [-0.4, -0.2) is 10.1 Å². The number of hydrogen-bond acceptors (Lipinski definition) is 7. The molecule has 44 valence electrons.